The minimum atomic E-state index is 0.657. The molecule has 1 radical (unpaired) electrons. The van der Waals surface area contributed by atoms with E-state index in [0.29, 0.717) is 5.92 Å². The highest BCUT2D eigenvalue weighted by Crippen LogP contribution is 2.12. The molecule has 0 aliphatic rings. The SMILES string of the molecule is C[CH]OOCC(CC)CCCC. The zero-order chi connectivity index (χ0) is 9.23. The van der Waals surface area contributed by atoms with Crippen LogP contribution >= 0.6 is 0 Å². The van der Waals surface area contributed by atoms with Crippen molar-refractivity contribution in [3.63, 3.8) is 0 Å². The van der Waals surface area contributed by atoms with Crippen molar-refractivity contribution in [1.29, 1.82) is 0 Å². The van der Waals surface area contributed by atoms with Gasteiger partial charge < -0.3 is 0 Å². The fourth-order valence-corrected chi connectivity index (χ4v) is 1.10. The second-order valence-electron chi connectivity index (χ2n) is 3.03. The van der Waals surface area contributed by atoms with Gasteiger partial charge in [0.2, 0.25) is 0 Å². The van der Waals surface area contributed by atoms with E-state index < -0.39 is 0 Å². The van der Waals surface area contributed by atoms with Gasteiger partial charge in [0.1, 0.15) is 6.61 Å². The summed E-state index contributed by atoms with van der Waals surface area (Å²) in [4.78, 5) is 9.70. The van der Waals surface area contributed by atoms with Gasteiger partial charge in [-0.25, -0.2) is 9.78 Å². The molecule has 0 fully saturated rings. The molecule has 1 unspecified atom stereocenters. The molecular weight excluding hydrogens is 152 g/mol. The maximum absolute atomic E-state index is 4.98. The van der Waals surface area contributed by atoms with Gasteiger partial charge in [0.05, 0.1) is 6.61 Å². The summed E-state index contributed by atoms with van der Waals surface area (Å²) in [5.74, 6) is 0.657. The summed E-state index contributed by atoms with van der Waals surface area (Å²) in [7, 11) is 0. The Morgan fingerprint density at radius 2 is 2.08 bits per heavy atom. The van der Waals surface area contributed by atoms with E-state index in [0.717, 1.165) is 6.61 Å². The van der Waals surface area contributed by atoms with Crippen LogP contribution in [0.3, 0.4) is 0 Å². The van der Waals surface area contributed by atoms with Crippen molar-refractivity contribution in [2.45, 2.75) is 46.5 Å². The standard InChI is InChI=1S/C10H21O2/c1-4-7-8-10(5-2)9-12-11-6-3/h6,10H,4-5,7-9H2,1-3H3. The third-order valence-electron chi connectivity index (χ3n) is 2.01. The Labute approximate surface area is 76.2 Å². The Hall–Kier alpha value is -0.0800. The molecule has 0 amide bonds. The molecule has 0 aliphatic heterocycles. The van der Waals surface area contributed by atoms with Gasteiger partial charge in [0, 0.05) is 0 Å². The van der Waals surface area contributed by atoms with E-state index in [4.69, 9.17) is 9.78 Å². The smallest absolute Gasteiger partial charge is 0.119 e. The molecule has 0 N–H and O–H groups in total. The van der Waals surface area contributed by atoms with E-state index in [9.17, 15) is 0 Å². The molecule has 0 aromatic heterocycles. The Morgan fingerprint density at radius 1 is 1.33 bits per heavy atom. The van der Waals surface area contributed by atoms with Crippen molar-refractivity contribution in [2.24, 2.45) is 5.92 Å². The zero-order valence-electron chi connectivity index (χ0n) is 8.51. The van der Waals surface area contributed by atoms with Crippen molar-refractivity contribution >= 4 is 0 Å². The quantitative estimate of drug-likeness (QED) is 0.318. The summed E-state index contributed by atoms with van der Waals surface area (Å²) >= 11 is 0. The fourth-order valence-electron chi connectivity index (χ4n) is 1.10. The van der Waals surface area contributed by atoms with E-state index >= 15 is 0 Å². The first kappa shape index (κ1) is 11.9. The molecule has 0 rings (SSSR count). The molecule has 0 aliphatic carbocycles. The fraction of sp³-hybridized carbons (Fsp3) is 0.900. The second-order valence-corrected chi connectivity index (χ2v) is 3.03. The van der Waals surface area contributed by atoms with Gasteiger partial charge in [0.25, 0.3) is 0 Å². The molecule has 2 heteroatoms. The van der Waals surface area contributed by atoms with Crippen molar-refractivity contribution in [3.05, 3.63) is 6.61 Å². The summed E-state index contributed by atoms with van der Waals surface area (Å²) in [6.07, 6.45) is 4.97. The summed E-state index contributed by atoms with van der Waals surface area (Å²) in [6, 6.07) is 0. The monoisotopic (exact) mass is 173 g/mol. The van der Waals surface area contributed by atoms with Crippen molar-refractivity contribution in [1.82, 2.24) is 0 Å². The van der Waals surface area contributed by atoms with Crippen LogP contribution in [0.4, 0.5) is 0 Å². The average Bonchev–Trinajstić information content (AvgIpc) is 2.11. The van der Waals surface area contributed by atoms with Crippen LogP contribution in [0.25, 0.3) is 0 Å². The van der Waals surface area contributed by atoms with Crippen molar-refractivity contribution in [2.75, 3.05) is 6.61 Å². The lowest BCUT2D eigenvalue weighted by molar-refractivity contribution is -0.274. The van der Waals surface area contributed by atoms with Gasteiger partial charge >= 0.3 is 0 Å². The maximum atomic E-state index is 4.98. The highest BCUT2D eigenvalue weighted by Gasteiger charge is 2.05. The largest absolute Gasteiger partial charge is 0.236 e. The Balaban J connectivity index is 3.26. The molecule has 1 atom stereocenters. The lowest BCUT2D eigenvalue weighted by atomic mass is 10.0. The maximum Gasteiger partial charge on any atom is 0.119 e. The summed E-state index contributed by atoms with van der Waals surface area (Å²) in [5, 5.41) is 0. The van der Waals surface area contributed by atoms with Crippen LogP contribution in [0.5, 0.6) is 0 Å². The minimum Gasteiger partial charge on any atom is -0.236 e. The number of rotatable bonds is 8. The summed E-state index contributed by atoms with van der Waals surface area (Å²) < 4.78 is 0. The van der Waals surface area contributed by atoms with Crippen LogP contribution in [-0.2, 0) is 9.78 Å². The van der Waals surface area contributed by atoms with Gasteiger partial charge in [-0.1, -0.05) is 33.1 Å². The predicted molar refractivity (Wildman–Crippen MR) is 50.3 cm³/mol. The third kappa shape index (κ3) is 6.62. The molecule has 0 aromatic carbocycles. The average molecular weight is 173 g/mol. The molecule has 73 valence electrons. The van der Waals surface area contributed by atoms with E-state index in [1.54, 1.807) is 6.61 Å². The lowest BCUT2D eigenvalue weighted by Crippen LogP contribution is -2.08. The molecule has 2 nitrogen and oxygen atoms in total. The first-order chi connectivity index (χ1) is 5.85. The third-order valence-corrected chi connectivity index (χ3v) is 2.01. The first-order valence-electron chi connectivity index (χ1n) is 4.91. The molecule has 0 saturated carbocycles. The molecule has 0 spiro atoms. The van der Waals surface area contributed by atoms with Gasteiger partial charge in [-0.05, 0) is 19.3 Å². The predicted octanol–water partition coefficient (Wildman–Crippen LogP) is 3.33. The van der Waals surface area contributed by atoms with E-state index in [-0.39, 0.29) is 0 Å². The molecule has 0 bridgehead atoms. The number of hydrogen-bond acceptors (Lipinski definition) is 2. The van der Waals surface area contributed by atoms with Gasteiger partial charge in [-0.15, -0.1) is 0 Å². The molecule has 0 aromatic rings. The Bertz CT molecular complexity index is 83.9. The number of hydrogen-bond donors (Lipinski definition) is 0. The van der Waals surface area contributed by atoms with Crippen LogP contribution in [0.1, 0.15) is 46.5 Å². The van der Waals surface area contributed by atoms with Crippen molar-refractivity contribution < 1.29 is 9.78 Å². The van der Waals surface area contributed by atoms with Crippen LogP contribution in [0, 0.1) is 12.5 Å². The van der Waals surface area contributed by atoms with E-state index in [2.05, 4.69) is 13.8 Å². The van der Waals surface area contributed by atoms with E-state index in [1.165, 1.54) is 25.7 Å². The topological polar surface area (TPSA) is 18.5 Å². The normalized spacial score (nSPS) is 13.2. The first-order valence-corrected chi connectivity index (χ1v) is 4.91. The molecular formula is C10H21O2. The highest BCUT2D eigenvalue weighted by molar-refractivity contribution is 4.54. The van der Waals surface area contributed by atoms with Crippen molar-refractivity contribution in [3.8, 4) is 0 Å². The summed E-state index contributed by atoms with van der Waals surface area (Å²) in [5.41, 5.74) is 0. The Morgan fingerprint density at radius 3 is 2.58 bits per heavy atom. The van der Waals surface area contributed by atoms with Gasteiger partial charge in [-0.2, -0.15) is 0 Å². The van der Waals surface area contributed by atoms with Crippen LogP contribution < -0.4 is 0 Å². The van der Waals surface area contributed by atoms with E-state index in [1.807, 2.05) is 6.92 Å². The minimum absolute atomic E-state index is 0.657. The van der Waals surface area contributed by atoms with Gasteiger partial charge in [-0.3, -0.25) is 0 Å². The Kier molecular flexibility index (Phi) is 8.95. The second kappa shape index (κ2) is 9.01. The van der Waals surface area contributed by atoms with Crippen LogP contribution in [0.2, 0.25) is 0 Å². The van der Waals surface area contributed by atoms with Crippen LogP contribution in [0.15, 0.2) is 0 Å². The molecule has 12 heavy (non-hydrogen) atoms. The molecule has 0 heterocycles. The zero-order valence-corrected chi connectivity index (χ0v) is 8.51. The summed E-state index contributed by atoms with van der Waals surface area (Å²) in [6.45, 7) is 8.50. The highest BCUT2D eigenvalue weighted by atomic mass is 17.2. The van der Waals surface area contributed by atoms with Gasteiger partial charge in [0.15, 0.2) is 0 Å². The van der Waals surface area contributed by atoms with Crippen LogP contribution in [-0.4, -0.2) is 6.61 Å². The lowest BCUT2D eigenvalue weighted by Gasteiger charge is -2.12. The number of unbranched alkanes of at least 4 members (excludes halogenated alkanes) is 1. The molecule has 0 saturated heterocycles.